The van der Waals surface area contributed by atoms with Crippen LogP contribution in [0.3, 0.4) is 0 Å². The Morgan fingerprint density at radius 3 is 2.59 bits per heavy atom. The average Bonchev–Trinajstić information content (AvgIpc) is 2.36. The highest BCUT2D eigenvalue weighted by atomic mass is 35.5. The molecule has 1 rings (SSSR count). The molecule has 5 nitrogen and oxygen atoms in total. The molecule has 22 heavy (non-hydrogen) atoms. The molecule has 0 spiro atoms. The molecule has 0 saturated heterocycles. The van der Waals surface area contributed by atoms with Crippen molar-refractivity contribution in [1.29, 1.82) is 0 Å². The molecule has 1 aromatic carbocycles. The van der Waals surface area contributed by atoms with Gasteiger partial charge < -0.3 is 15.0 Å². The van der Waals surface area contributed by atoms with Gasteiger partial charge in [0.15, 0.2) is 0 Å². The van der Waals surface area contributed by atoms with Gasteiger partial charge in [-0.15, -0.1) is 0 Å². The van der Waals surface area contributed by atoms with Crippen LogP contribution in [0.1, 0.15) is 32.8 Å². The first-order valence-corrected chi connectivity index (χ1v) is 7.50. The van der Waals surface area contributed by atoms with E-state index in [2.05, 4.69) is 5.32 Å². The first kappa shape index (κ1) is 18.3. The minimum Gasteiger partial charge on any atom is -0.444 e. The van der Waals surface area contributed by atoms with Crippen LogP contribution >= 0.6 is 11.6 Å². The van der Waals surface area contributed by atoms with E-state index in [1.54, 1.807) is 38.8 Å². The molecule has 122 valence electrons. The maximum atomic E-state index is 12.0. The minimum atomic E-state index is -0.544. The van der Waals surface area contributed by atoms with Crippen LogP contribution in [0.15, 0.2) is 24.3 Å². The van der Waals surface area contributed by atoms with Gasteiger partial charge in [-0.3, -0.25) is 4.79 Å². The van der Waals surface area contributed by atoms with Gasteiger partial charge in [0.2, 0.25) is 5.91 Å². The van der Waals surface area contributed by atoms with Crippen molar-refractivity contribution in [1.82, 2.24) is 10.2 Å². The van der Waals surface area contributed by atoms with Gasteiger partial charge in [-0.05, 0) is 38.5 Å². The molecule has 1 aromatic rings. The van der Waals surface area contributed by atoms with Gasteiger partial charge in [0.05, 0.1) is 0 Å². The van der Waals surface area contributed by atoms with E-state index in [0.29, 0.717) is 11.6 Å². The number of rotatable bonds is 5. The van der Waals surface area contributed by atoms with Gasteiger partial charge in [-0.1, -0.05) is 23.7 Å². The summed E-state index contributed by atoms with van der Waals surface area (Å²) < 4.78 is 5.10. The highest BCUT2D eigenvalue weighted by Gasteiger charge is 2.16. The number of hydrogen-bond acceptors (Lipinski definition) is 3. The van der Waals surface area contributed by atoms with Gasteiger partial charge in [0.1, 0.15) is 5.60 Å². The van der Waals surface area contributed by atoms with Crippen LogP contribution in [-0.2, 0) is 16.1 Å². The van der Waals surface area contributed by atoms with Crippen LogP contribution < -0.4 is 5.32 Å². The molecule has 0 fully saturated rings. The Morgan fingerprint density at radius 2 is 2.00 bits per heavy atom. The first-order valence-electron chi connectivity index (χ1n) is 7.12. The van der Waals surface area contributed by atoms with Crippen molar-refractivity contribution in [2.24, 2.45) is 0 Å². The summed E-state index contributed by atoms with van der Waals surface area (Å²) in [6, 6.07) is 7.37. The smallest absolute Gasteiger partial charge is 0.407 e. The van der Waals surface area contributed by atoms with Crippen LogP contribution in [0.2, 0.25) is 5.02 Å². The third kappa shape index (κ3) is 7.31. The van der Waals surface area contributed by atoms with Crippen LogP contribution in [0.4, 0.5) is 4.79 Å². The van der Waals surface area contributed by atoms with Crippen molar-refractivity contribution >= 4 is 23.6 Å². The van der Waals surface area contributed by atoms with E-state index >= 15 is 0 Å². The van der Waals surface area contributed by atoms with E-state index in [-0.39, 0.29) is 18.9 Å². The Hall–Kier alpha value is -1.75. The summed E-state index contributed by atoms with van der Waals surface area (Å²) in [5, 5.41) is 3.21. The van der Waals surface area contributed by atoms with Crippen molar-refractivity contribution in [3.63, 3.8) is 0 Å². The average molecular weight is 327 g/mol. The monoisotopic (exact) mass is 326 g/mol. The Balaban J connectivity index is 2.34. The lowest BCUT2D eigenvalue weighted by Gasteiger charge is -2.20. The number of benzene rings is 1. The lowest BCUT2D eigenvalue weighted by molar-refractivity contribution is -0.130. The summed E-state index contributed by atoms with van der Waals surface area (Å²) >= 11 is 5.91. The van der Waals surface area contributed by atoms with Crippen molar-refractivity contribution < 1.29 is 14.3 Å². The number of nitrogens with one attached hydrogen (secondary N) is 1. The quantitative estimate of drug-likeness (QED) is 0.903. The molecule has 0 atom stereocenters. The fourth-order valence-electron chi connectivity index (χ4n) is 1.77. The molecular formula is C16H23ClN2O3. The molecule has 0 aliphatic rings. The third-order valence-corrected chi connectivity index (χ3v) is 2.98. The largest absolute Gasteiger partial charge is 0.444 e. The predicted octanol–water partition coefficient (Wildman–Crippen LogP) is 3.21. The number of ether oxygens (including phenoxy) is 1. The Morgan fingerprint density at radius 1 is 1.32 bits per heavy atom. The Bertz CT molecular complexity index is 526. The normalized spacial score (nSPS) is 11.0. The summed E-state index contributed by atoms with van der Waals surface area (Å²) in [5.41, 5.74) is 0.417. The zero-order valence-corrected chi connectivity index (χ0v) is 14.2. The number of alkyl carbamates (subject to hydrolysis) is 1. The molecule has 0 aliphatic heterocycles. The van der Waals surface area contributed by atoms with Gasteiger partial charge in [-0.25, -0.2) is 4.79 Å². The van der Waals surface area contributed by atoms with E-state index in [1.165, 1.54) is 0 Å². The summed E-state index contributed by atoms with van der Waals surface area (Å²) in [4.78, 5) is 25.1. The zero-order chi connectivity index (χ0) is 16.8. The predicted molar refractivity (Wildman–Crippen MR) is 86.8 cm³/mol. The molecule has 0 aromatic heterocycles. The molecule has 6 heteroatoms. The van der Waals surface area contributed by atoms with E-state index in [9.17, 15) is 9.59 Å². The van der Waals surface area contributed by atoms with Crippen molar-refractivity contribution in [3.8, 4) is 0 Å². The summed E-state index contributed by atoms with van der Waals surface area (Å²) in [5.74, 6) is -0.0592. The number of hydrogen-bond donors (Lipinski definition) is 1. The molecule has 2 amide bonds. The van der Waals surface area contributed by atoms with Gasteiger partial charge in [-0.2, -0.15) is 0 Å². The third-order valence-electron chi connectivity index (χ3n) is 2.74. The molecule has 0 saturated carbocycles. The molecule has 0 bridgehead atoms. The Kier molecular flexibility index (Phi) is 6.68. The van der Waals surface area contributed by atoms with Gasteiger partial charge >= 0.3 is 6.09 Å². The zero-order valence-electron chi connectivity index (χ0n) is 13.5. The lowest BCUT2D eigenvalue weighted by Crippen LogP contribution is -2.35. The van der Waals surface area contributed by atoms with Gasteiger partial charge in [0.25, 0.3) is 0 Å². The fourth-order valence-corrected chi connectivity index (χ4v) is 1.99. The summed E-state index contributed by atoms with van der Waals surface area (Å²) in [6.07, 6.45) is -0.297. The van der Waals surface area contributed by atoms with Crippen LogP contribution in [-0.4, -0.2) is 36.1 Å². The Labute approximate surface area is 136 Å². The molecular weight excluding hydrogens is 304 g/mol. The number of nitrogens with zero attached hydrogens (tertiary/aromatic N) is 1. The van der Waals surface area contributed by atoms with Crippen molar-refractivity contribution in [2.75, 3.05) is 13.6 Å². The van der Waals surface area contributed by atoms with Crippen LogP contribution in [0.5, 0.6) is 0 Å². The second-order valence-corrected chi connectivity index (χ2v) is 6.49. The lowest BCUT2D eigenvalue weighted by atomic mass is 10.2. The highest BCUT2D eigenvalue weighted by Crippen LogP contribution is 2.12. The number of amides is 2. The van der Waals surface area contributed by atoms with Crippen molar-refractivity contribution in [3.05, 3.63) is 34.9 Å². The van der Waals surface area contributed by atoms with E-state index in [1.807, 2.05) is 18.2 Å². The summed E-state index contributed by atoms with van der Waals surface area (Å²) in [6.45, 7) is 6.09. The van der Waals surface area contributed by atoms with Crippen molar-refractivity contribution in [2.45, 2.75) is 39.3 Å². The maximum absolute atomic E-state index is 12.0. The first-order chi connectivity index (χ1) is 10.2. The molecule has 0 unspecified atom stereocenters. The molecule has 0 heterocycles. The van der Waals surface area contributed by atoms with Crippen LogP contribution in [0, 0.1) is 0 Å². The van der Waals surface area contributed by atoms with E-state index < -0.39 is 11.7 Å². The van der Waals surface area contributed by atoms with Gasteiger partial charge in [0, 0.05) is 31.6 Å². The highest BCUT2D eigenvalue weighted by molar-refractivity contribution is 6.30. The topological polar surface area (TPSA) is 58.6 Å². The van der Waals surface area contributed by atoms with E-state index in [0.717, 1.165) is 5.56 Å². The second-order valence-electron chi connectivity index (χ2n) is 6.06. The standard InChI is InChI=1S/C16H23ClN2O3/c1-16(2,3)22-15(21)18-9-8-14(20)19(4)11-12-6-5-7-13(17)10-12/h5-7,10H,8-9,11H2,1-4H3,(H,18,21). The number of carbonyl (C=O) groups excluding carboxylic acids is 2. The second kappa shape index (κ2) is 8.03. The minimum absolute atomic E-state index is 0.0592. The number of carbonyl (C=O) groups is 2. The molecule has 0 radical (unpaired) electrons. The van der Waals surface area contributed by atoms with E-state index in [4.69, 9.17) is 16.3 Å². The molecule has 0 aliphatic carbocycles. The SMILES string of the molecule is CN(Cc1cccc(Cl)c1)C(=O)CCNC(=O)OC(C)(C)C. The fraction of sp³-hybridized carbons (Fsp3) is 0.500. The van der Waals surface area contributed by atoms with Crippen LogP contribution in [0.25, 0.3) is 0 Å². The maximum Gasteiger partial charge on any atom is 0.407 e. The number of halogens is 1. The summed E-state index contributed by atoms with van der Waals surface area (Å²) in [7, 11) is 1.72. The molecule has 1 N–H and O–H groups in total.